The number of carbonyl (C=O) groups is 8. The van der Waals surface area contributed by atoms with Gasteiger partial charge in [0.25, 0.3) is 0 Å². The predicted octanol–water partition coefficient (Wildman–Crippen LogP) is -2.04. The summed E-state index contributed by atoms with van der Waals surface area (Å²) in [6.07, 6.45) is 2.12. The van der Waals surface area contributed by atoms with E-state index >= 15 is 0 Å². The summed E-state index contributed by atoms with van der Waals surface area (Å²) in [7, 11) is 0. The molecule has 0 unspecified atom stereocenters. The van der Waals surface area contributed by atoms with Gasteiger partial charge in [-0.15, -0.1) is 0 Å². The number of aromatic amines is 1. The van der Waals surface area contributed by atoms with Gasteiger partial charge in [-0.2, -0.15) is 0 Å². The maximum absolute atomic E-state index is 13.5. The zero-order valence-corrected chi connectivity index (χ0v) is 28.7. The number of hydrogen-bond acceptors (Lipinski definition) is 9. The minimum atomic E-state index is -1.27. The van der Waals surface area contributed by atoms with E-state index < -0.39 is 72.1 Å². The topological polar surface area (TPSA) is 277 Å². The monoisotopic (exact) mass is 719 g/mol. The molecule has 1 aromatic heterocycles. The summed E-state index contributed by atoms with van der Waals surface area (Å²) in [5.74, 6) is -4.44. The molecule has 52 heavy (non-hydrogen) atoms. The summed E-state index contributed by atoms with van der Waals surface area (Å²) in [5.41, 5.74) is 14.0. The van der Waals surface area contributed by atoms with E-state index in [0.717, 1.165) is 22.0 Å². The second-order valence-corrected chi connectivity index (χ2v) is 12.1. The van der Waals surface area contributed by atoms with E-state index in [2.05, 4.69) is 36.9 Å². The maximum Gasteiger partial charge on any atom is 0.243 e. The highest BCUT2D eigenvalue weighted by molar-refractivity contribution is 5.94. The van der Waals surface area contributed by atoms with Crippen LogP contribution in [0.1, 0.15) is 37.3 Å². The largest absolute Gasteiger partial charge is 0.368 e. The van der Waals surface area contributed by atoms with Crippen LogP contribution in [0.4, 0.5) is 0 Å². The standard InChI is InChI=1S/C35H45N9O8/c1-21(46)39-18-31(48)42-24(20-45)11-12-30(47)38-14-13-28(43-32(49)19-41-34(51)26(36)15-22-7-3-2-4-8-22)35(52)44-29(33(37)50)16-23-17-40-27-10-6-5-9-25(23)27/h2-10,17,20,24,26,28-29,40H,11-16,18-19,36H2,1H3,(H2,37,50)(H,38,47)(H,39,46)(H,41,51)(H,42,48)(H,43,49)(H,44,52)/t24-,26+,28-,29-/m0/s1. The number of nitrogens with two attached hydrogens (primary N) is 2. The zero-order valence-electron chi connectivity index (χ0n) is 28.7. The van der Waals surface area contributed by atoms with Crippen LogP contribution in [0.2, 0.25) is 0 Å². The number of primary amides is 1. The zero-order chi connectivity index (χ0) is 38.0. The van der Waals surface area contributed by atoms with Crippen molar-refractivity contribution in [3.63, 3.8) is 0 Å². The van der Waals surface area contributed by atoms with Gasteiger partial charge in [-0.05, 0) is 36.5 Å². The smallest absolute Gasteiger partial charge is 0.243 e. The first-order valence-electron chi connectivity index (χ1n) is 16.6. The summed E-state index contributed by atoms with van der Waals surface area (Å²) in [5, 5.41) is 15.7. The van der Waals surface area contributed by atoms with Crippen LogP contribution in [0.5, 0.6) is 0 Å². The van der Waals surface area contributed by atoms with Crippen LogP contribution >= 0.6 is 0 Å². The number of benzene rings is 2. The van der Waals surface area contributed by atoms with Crippen molar-refractivity contribution >= 4 is 58.5 Å². The molecule has 0 saturated carbocycles. The van der Waals surface area contributed by atoms with Crippen molar-refractivity contribution in [1.29, 1.82) is 0 Å². The normalized spacial score (nSPS) is 13.0. The number of carbonyl (C=O) groups excluding carboxylic acids is 8. The third-order valence-electron chi connectivity index (χ3n) is 7.92. The molecule has 1 heterocycles. The van der Waals surface area contributed by atoms with Gasteiger partial charge in [0.15, 0.2) is 0 Å². The third-order valence-corrected chi connectivity index (χ3v) is 7.92. The summed E-state index contributed by atoms with van der Waals surface area (Å²) in [4.78, 5) is 101. The van der Waals surface area contributed by atoms with Crippen molar-refractivity contribution in [1.82, 2.24) is 36.9 Å². The molecule has 0 aliphatic rings. The average molecular weight is 720 g/mol. The van der Waals surface area contributed by atoms with Gasteiger partial charge in [-0.1, -0.05) is 48.5 Å². The first-order chi connectivity index (χ1) is 24.9. The Morgan fingerprint density at radius 1 is 0.750 bits per heavy atom. The molecule has 0 fully saturated rings. The van der Waals surface area contributed by atoms with Crippen molar-refractivity contribution in [3.05, 3.63) is 71.9 Å². The number of H-pyrrole nitrogens is 1. The van der Waals surface area contributed by atoms with Crippen molar-refractivity contribution in [2.45, 2.75) is 63.2 Å². The molecule has 0 radical (unpaired) electrons. The first kappa shape index (κ1) is 40.3. The van der Waals surface area contributed by atoms with E-state index in [0.29, 0.717) is 6.29 Å². The second kappa shape index (κ2) is 20.5. The van der Waals surface area contributed by atoms with Gasteiger partial charge in [0.05, 0.1) is 25.2 Å². The van der Waals surface area contributed by atoms with E-state index in [4.69, 9.17) is 11.5 Å². The fraction of sp³-hybridized carbons (Fsp3) is 0.371. The highest BCUT2D eigenvalue weighted by Gasteiger charge is 2.27. The molecule has 0 saturated heterocycles. The van der Waals surface area contributed by atoms with Gasteiger partial charge >= 0.3 is 0 Å². The first-order valence-corrected chi connectivity index (χ1v) is 16.6. The molecule has 0 bridgehead atoms. The van der Waals surface area contributed by atoms with Gasteiger partial charge in [0.2, 0.25) is 41.4 Å². The van der Waals surface area contributed by atoms with Gasteiger partial charge in [-0.3, -0.25) is 33.6 Å². The Hall–Kier alpha value is -6.10. The fourth-order valence-corrected chi connectivity index (χ4v) is 5.16. The van der Waals surface area contributed by atoms with E-state index in [9.17, 15) is 38.4 Å². The molecule has 3 rings (SSSR count). The van der Waals surface area contributed by atoms with E-state index in [1.807, 2.05) is 54.6 Å². The summed E-state index contributed by atoms with van der Waals surface area (Å²) in [6.45, 7) is 0.282. The molecule has 0 aliphatic carbocycles. The van der Waals surface area contributed by atoms with Gasteiger partial charge < -0.3 is 53.1 Å². The fourth-order valence-electron chi connectivity index (χ4n) is 5.16. The van der Waals surface area contributed by atoms with Crippen LogP contribution in [-0.2, 0) is 51.2 Å². The third kappa shape index (κ3) is 13.7. The molecule has 0 spiro atoms. The van der Waals surface area contributed by atoms with Crippen molar-refractivity contribution in [2.24, 2.45) is 11.5 Å². The van der Waals surface area contributed by atoms with E-state index in [1.54, 1.807) is 6.20 Å². The van der Waals surface area contributed by atoms with Crippen LogP contribution < -0.4 is 43.4 Å². The van der Waals surface area contributed by atoms with Gasteiger partial charge in [-0.25, -0.2) is 0 Å². The molecule has 7 amide bonds. The summed E-state index contributed by atoms with van der Waals surface area (Å²) < 4.78 is 0. The number of para-hydroxylation sites is 1. The average Bonchev–Trinajstić information content (AvgIpc) is 3.53. The van der Waals surface area contributed by atoms with Crippen LogP contribution in [-0.4, -0.2) is 96.4 Å². The Bertz CT molecular complexity index is 1730. The van der Waals surface area contributed by atoms with Crippen LogP contribution in [0.15, 0.2) is 60.8 Å². The Labute approximate surface area is 299 Å². The lowest BCUT2D eigenvalue weighted by atomic mass is 10.0. The van der Waals surface area contributed by atoms with Crippen LogP contribution in [0, 0.1) is 0 Å². The molecule has 0 aliphatic heterocycles. The lowest BCUT2D eigenvalue weighted by Crippen LogP contribution is -2.55. The highest BCUT2D eigenvalue weighted by Crippen LogP contribution is 2.19. The number of hydrogen-bond donors (Lipinski definition) is 9. The van der Waals surface area contributed by atoms with Crippen LogP contribution in [0.3, 0.4) is 0 Å². The van der Waals surface area contributed by atoms with Crippen molar-refractivity contribution < 1.29 is 38.4 Å². The van der Waals surface area contributed by atoms with E-state index in [-0.39, 0.29) is 45.2 Å². The number of fused-ring (bicyclic) bond motifs is 1. The Morgan fingerprint density at radius 3 is 2.12 bits per heavy atom. The summed E-state index contributed by atoms with van der Waals surface area (Å²) in [6, 6.07) is 12.1. The predicted molar refractivity (Wildman–Crippen MR) is 190 cm³/mol. The molecule has 11 N–H and O–H groups in total. The van der Waals surface area contributed by atoms with Gasteiger partial charge in [0, 0.05) is 43.4 Å². The number of nitrogens with one attached hydrogen (secondary N) is 7. The summed E-state index contributed by atoms with van der Waals surface area (Å²) >= 11 is 0. The minimum absolute atomic E-state index is 0.0397. The SMILES string of the molecule is CC(=O)NCC(=O)N[C@H](C=O)CCC(=O)NCC[C@H](NC(=O)CNC(=O)[C@H](N)Cc1ccccc1)C(=O)N[C@@H](Cc1c[nH]c2ccccc12)C(N)=O. The van der Waals surface area contributed by atoms with Crippen LogP contribution in [0.25, 0.3) is 10.9 Å². The molecule has 4 atom stereocenters. The maximum atomic E-state index is 13.5. The Morgan fingerprint density at radius 2 is 1.42 bits per heavy atom. The number of amides is 7. The molecule has 2 aromatic carbocycles. The van der Waals surface area contributed by atoms with Crippen molar-refractivity contribution in [2.75, 3.05) is 19.6 Å². The lowest BCUT2D eigenvalue weighted by molar-refractivity contribution is -0.132. The quantitative estimate of drug-likeness (QED) is 0.0548. The van der Waals surface area contributed by atoms with Gasteiger partial charge in [0.1, 0.15) is 18.4 Å². The highest BCUT2D eigenvalue weighted by atomic mass is 16.2. The molecular weight excluding hydrogens is 674 g/mol. The molecule has 3 aromatic rings. The number of aromatic nitrogens is 1. The van der Waals surface area contributed by atoms with E-state index in [1.165, 1.54) is 6.92 Å². The molecule has 17 nitrogen and oxygen atoms in total. The second-order valence-electron chi connectivity index (χ2n) is 12.1. The Kier molecular flexibility index (Phi) is 15.9. The minimum Gasteiger partial charge on any atom is -0.368 e. The molecule has 278 valence electrons. The number of aldehydes is 1. The Balaban J connectivity index is 1.61. The van der Waals surface area contributed by atoms with Crippen molar-refractivity contribution in [3.8, 4) is 0 Å². The molecular formula is C35H45N9O8. The molecule has 17 heteroatoms. The lowest BCUT2D eigenvalue weighted by Gasteiger charge is -2.22. The number of rotatable bonds is 21.